The van der Waals surface area contributed by atoms with E-state index in [9.17, 15) is 0 Å². The zero-order chi connectivity index (χ0) is 14.1. The first-order chi connectivity index (χ1) is 9.12. The molecule has 0 aliphatic carbocycles. The molecule has 0 fully saturated rings. The molecule has 1 aromatic carbocycles. The molecule has 0 heterocycles. The average Bonchev–Trinajstić information content (AvgIpc) is 2.47. The van der Waals surface area contributed by atoms with E-state index in [1.165, 1.54) is 18.4 Å². The molecule has 0 amide bonds. The van der Waals surface area contributed by atoms with E-state index >= 15 is 0 Å². The molecule has 0 bridgehead atoms. The number of hydrogen-bond donors (Lipinski definition) is 0. The standard InChI is InChI=1S/C19H28/c1-5-17(3)13-9-8-12-16-19(4,6-2)18-14-10-7-11-15-18/h5,7-8,10-12,14-15,17H,1,6,9,13,16H2,2-4H3/b12-8+. The van der Waals surface area contributed by atoms with Crippen LogP contribution in [-0.2, 0) is 5.41 Å². The highest BCUT2D eigenvalue weighted by atomic mass is 14.3. The van der Waals surface area contributed by atoms with Crippen LogP contribution in [0.25, 0.3) is 0 Å². The zero-order valence-corrected chi connectivity index (χ0v) is 12.7. The van der Waals surface area contributed by atoms with Gasteiger partial charge in [-0.2, -0.15) is 0 Å². The second kappa shape index (κ2) is 7.99. The first-order valence-electron chi connectivity index (χ1n) is 7.45. The molecule has 0 spiro atoms. The summed E-state index contributed by atoms with van der Waals surface area (Å²) in [5.74, 6) is 0.622. The molecule has 1 aromatic rings. The van der Waals surface area contributed by atoms with Gasteiger partial charge in [-0.05, 0) is 42.6 Å². The maximum atomic E-state index is 3.83. The van der Waals surface area contributed by atoms with Gasteiger partial charge in [0.25, 0.3) is 0 Å². The van der Waals surface area contributed by atoms with Gasteiger partial charge in [-0.15, -0.1) is 6.58 Å². The zero-order valence-electron chi connectivity index (χ0n) is 12.7. The Labute approximate surface area is 119 Å². The first-order valence-corrected chi connectivity index (χ1v) is 7.45. The van der Waals surface area contributed by atoms with Crippen LogP contribution >= 0.6 is 0 Å². The van der Waals surface area contributed by atoms with Crippen LogP contribution in [0, 0.1) is 5.92 Å². The minimum absolute atomic E-state index is 0.266. The molecule has 0 aromatic heterocycles. The summed E-state index contributed by atoms with van der Waals surface area (Å²) in [6.45, 7) is 10.7. The fraction of sp³-hybridized carbons (Fsp3) is 0.474. The van der Waals surface area contributed by atoms with E-state index in [4.69, 9.17) is 0 Å². The second-order valence-corrected chi connectivity index (χ2v) is 5.75. The number of hydrogen-bond acceptors (Lipinski definition) is 0. The lowest BCUT2D eigenvalue weighted by Crippen LogP contribution is -2.19. The van der Waals surface area contributed by atoms with E-state index in [1.807, 2.05) is 6.08 Å². The van der Waals surface area contributed by atoms with E-state index in [0.29, 0.717) is 5.92 Å². The van der Waals surface area contributed by atoms with Gasteiger partial charge in [0.15, 0.2) is 0 Å². The number of rotatable bonds is 8. The maximum absolute atomic E-state index is 3.83. The van der Waals surface area contributed by atoms with Crippen molar-refractivity contribution >= 4 is 0 Å². The van der Waals surface area contributed by atoms with Crippen LogP contribution in [0.1, 0.15) is 52.0 Å². The smallest absolute Gasteiger partial charge is 0.00434 e. The Balaban J connectivity index is 2.53. The van der Waals surface area contributed by atoms with Gasteiger partial charge in [0.05, 0.1) is 0 Å². The van der Waals surface area contributed by atoms with Crippen molar-refractivity contribution < 1.29 is 0 Å². The molecule has 1 rings (SSSR count). The van der Waals surface area contributed by atoms with Gasteiger partial charge in [0.1, 0.15) is 0 Å². The Morgan fingerprint density at radius 1 is 1.21 bits per heavy atom. The quantitative estimate of drug-likeness (QED) is 0.508. The van der Waals surface area contributed by atoms with Crippen LogP contribution in [0.3, 0.4) is 0 Å². The third kappa shape index (κ3) is 5.06. The van der Waals surface area contributed by atoms with Crippen molar-refractivity contribution in [2.45, 2.75) is 51.9 Å². The Bertz CT molecular complexity index is 388. The fourth-order valence-electron chi connectivity index (χ4n) is 2.25. The molecule has 0 heteroatoms. The predicted octanol–water partition coefficient (Wildman–Crippen LogP) is 5.90. The Morgan fingerprint density at radius 3 is 2.47 bits per heavy atom. The Hall–Kier alpha value is -1.30. The molecule has 0 saturated heterocycles. The molecular formula is C19H28. The van der Waals surface area contributed by atoms with Crippen molar-refractivity contribution in [2.24, 2.45) is 5.92 Å². The third-order valence-corrected chi connectivity index (χ3v) is 4.18. The first kappa shape index (κ1) is 15.8. The summed E-state index contributed by atoms with van der Waals surface area (Å²) in [6, 6.07) is 10.9. The van der Waals surface area contributed by atoms with Gasteiger partial charge in [-0.1, -0.05) is 69.3 Å². The van der Waals surface area contributed by atoms with Crippen molar-refractivity contribution in [1.29, 1.82) is 0 Å². The fourth-order valence-corrected chi connectivity index (χ4v) is 2.25. The average molecular weight is 256 g/mol. The van der Waals surface area contributed by atoms with Crippen LogP contribution in [0.15, 0.2) is 55.1 Å². The van der Waals surface area contributed by atoms with Crippen molar-refractivity contribution in [2.75, 3.05) is 0 Å². The molecule has 19 heavy (non-hydrogen) atoms. The van der Waals surface area contributed by atoms with Crippen molar-refractivity contribution in [3.05, 3.63) is 60.7 Å². The van der Waals surface area contributed by atoms with E-state index in [1.54, 1.807) is 0 Å². The lowest BCUT2D eigenvalue weighted by atomic mass is 9.77. The highest BCUT2D eigenvalue weighted by molar-refractivity contribution is 5.25. The summed E-state index contributed by atoms with van der Waals surface area (Å²) in [6.07, 6.45) is 11.4. The highest BCUT2D eigenvalue weighted by Gasteiger charge is 2.22. The summed E-state index contributed by atoms with van der Waals surface area (Å²) in [5.41, 5.74) is 1.71. The molecule has 0 aliphatic heterocycles. The van der Waals surface area contributed by atoms with E-state index in [0.717, 1.165) is 12.8 Å². The SMILES string of the molecule is C=CC(C)CC/C=C/CC(C)(CC)c1ccccc1. The van der Waals surface area contributed by atoms with Crippen molar-refractivity contribution in [1.82, 2.24) is 0 Å². The summed E-state index contributed by atoms with van der Waals surface area (Å²) < 4.78 is 0. The van der Waals surface area contributed by atoms with Crippen LogP contribution in [-0.4, -0.2) is 0 Å². The summed E-state index contributed by atoms with van der Waals surface area (Å²) in [5, 5.41) is 0. The Morgan fingerprint density at radius 2 is 1.89 bits per heavy atom. The molecule has 0 radical (unpaired) electrons. The molecule has 0 aliphatic rings. The van der Waals surface area contributed by atoms with Crippen molar-refractivity contribution in [3.8, 4) is 0 Å². The summed E-state index contributed by atoms with van der Waals surface area (Å²) in [4.78, 5) is 0. The van der Waals surface area contributed by atoms with E-state index in [-0.39, 0.29) is 5.41 Å². The largest absolute Gasteiger partial charge is 0.103 e. The summed E-state index contributed by atoms with van der Waals surface area (Å²) in [7, 11) is 0. The van der Waals surface area contributed by atoms with E-state index in [2.05, 4.69) is 69.8 Å². The van der Waals surface area contributed by atoms with Gasteiger partial charge in [-0.3, -0.25) is 0 Å². The lowest BCUT2D eigenvalue weighted by Gasteiger charge is -2.27. The molecule has 2 unspecified atom stereocenters. The predicted molar refractivity (Wildman–Crippen MR) is 86.4 cm³/mol. The van der Waals surface area contributed by atoms with Gasteiger partial charge < -0.3 is 0 Å². The molecule has 104 valence electrons. The molecule has 2 atom stereocenters. The van der Waals surface area contributed by atoms with Crippen LogP contribution < -0.4 is 0 Å². The number of allylic oxidation sites excluding steroid dienone is 3. The minimum Gasteiger partial charge on any atom is -0.103 e. The highest BCUT2D eigenvalue weighted by Crippen LogP contribution is 2.31. The second-order valence-electron chi connectivity index (χ2n) is 5.75. The normalized spacial score (nSPS) is 16.2. The van der Waals surface area contributed by atoms with Crippen LogP contribution in [0.2, 0.25) is 0 Å². The Kier molecular flexibility index (Phi) is 6.62. The van der Waals surface area contributed by atoms with Crippen LogP contribution in [0.4, 0.5) is 0 Å². The van der Waals surface area contributed by atoms with Gasteiger partial charge in [0, 0.05) is 0 Å². The van der Waals surface area contributed by atoms with Gasteiger partial charge in [-0.25, -0.2) is 0 Å². The monoisotopic (exact) mass is 256 g/mol. The van der Waals surface area contributed by atoms with Crippen LogP contribution in [0.5, 0.6) is 0 Å². The lowest BCUT2D eigenvalue weighted by molar-refractivity contribution is 0.460. The summed E-state index contributed by atoms with van der Waals surface area (Å²) >= 11 is 0. The topological polar surface area (TPSA) is 0 Å². The van der Waals surface area contributed by atoms with Crippen molar-refractivity contribution in [3.63, 3.8) is 0 Å². The molecule has 0 saturated carbocycles. The van der Waals surface area contributed by atoms with Gasteiger partial charge in [0.2, 0.25) is 0 Å². The minimum atomic E-state index is 0.266. The molecule has 0 N–H and O–H groups in total. The maximum Gasteiger partial charge on any atom is -0.00434 e. The third-order valence-electron chi connectivity index (χ3n) is 4.18. The molecule has 0 nitrogen and oxygen atoms in total. The van der Waals surface area contributed by atoms with E-state index < -0.39 is 0 Å². The molecular weight excluding hydrogens is 228 g/mol. The van der Waals surface area contributed by atoms with Gasteiger partial charge >= 0.3 is 0 Å². The number of benzene rings is 1.